The van der Waals surface area contributed by atoms with E-state index in [0.29, 0.717) is 39.9 Å². The maximum absolute atomic E-state index is 14.3. The second-order valence-electron chi connectivity index (χ2n) is 9.13. The minimum absolute atomic E-state index is 0.0152. The molecular formula is C28H19ClN2O6. The van der Waals surface area contributed by atoms with Crippen LogP contribution >= 0.6 is 11.6 Å². The van der Waals surface area contributed by atoms with Crippen molar-refractivity contribution in [1.29, 1.82) is 0 Å². The van der Waals surface area contributed by atoms with Crippen LogP contribution in [0.15, 0.2) is 69.9 Å². The van der Waals surface area contributed by atoms with Gasteiger partial charge in [0.05, 0.1) is 16.6 Å². The van der Waals surface area contributed by atoms with Crippen LogP contribution in [-0.4, -0.2) is 30.1 Å². The van der Waals surface area contributed by atoms with Gasteiger partial charge in [-0.2, -0.15) is 0 Å². The molecule has 9 heteroatoms. The van der Waals surface area contributed by atoms with Gasteiger partial charge in [0.25, 0.3) is 11.8 Å². The van der Waals surface area contributed by atoms with Crippen molar-refractivity contribution in [2.75, 3.05) is 18.2 Å². The lowest BCUT2D eigenvalue weighted by atomic mass is 9.83. The number of fused-ring (bicyclic) bond motifs is 6. The Morgan fingerprint density at radius 2 is 1.78 bits per heavy atom. The van der Waals surface area contributed by atoms with Crippen molar-refractivity contribution in [3.05, 3.63) is 98.4 Å². The topological polar surface area (TPSA) is 89.3 Å². The Kier molecular flexibility index (Phi) is 4.51. The average molecular weight is 515 g/mol. The highest BCUT2D eigenvalue weighted by atomic mass is 35.5. The number of hydrogen-bond donors (Lipinski definition) is 0. The molecule has 3 aliphatic rings. The molecule has 7 rings (SSSR count). The number of benzene rings is 3. The number of amides is 2. The largest absolute Gasteiger partial charge is 0.454 e. The molecule has 0 N–H and O–H groups in total. The predicted octanol–water partition coefficient (Wildman–Crippen LogP) is 4.44. The van der Waals surface area contributed by atoms with E-state index in [1.54, 1.807) is 41.3 Å². The monoisotopic (exact) mass is 514 g/mol. The van der Waals surface area contributed by atoms with Crippen LogP contribution in [0.2, 0.25) is 5.02 Å². The van der Waals surface area contributed by atoms with Crippen LogP contribution in [0.3, 0.4) is 0 Å². The molecule has 37 heavy (non-hydrogen) atoms. The maximum atomic E-state index is 14.3. The lowest BCUT2D eigenvalue weighted by Gasteiger charge is -2.34. The van der Waals surface area contributed by atoms with Gasteiger partial charge >= 0.3 is 0 Å². The summed E-state index contributed by atoms with van der Waals surface area (Å²) in [7, 11) is 0. The summed E-state index contributed by atoms with van der Waals surface area (Å²) in [5.41, 5.74) is 0.0211. The Balaban J connectivity index is 1.53. The molecule has 1 aromatic heterocycles. The number of carbonyl (C=O) groups is 2. The summed E-state index contributed by atoms with van der Waals surface area (Å²) in [4.78, 5) is 45.5. The van der Waals surface area contributed by atoms with Crippen LogP contribution in [0.1, 0.15) is 34.2 Å². The number of hydrogen-bond acceptors (Lipinski definition) is 6. The first-order valence-corrected chi connectivity index (χ1v) is 12.2. The third kappa shape index (κ3) is 2.76. The molecule has 0 bridgehead atoms. The van der Waals surface area contributed by atoms with Gasteiger partial charge in [0, 0.05) is 23.7 Å². The van der Waals surface area contributed by atoms with Crippen molar-refractivity contribution in [1.82, 2.24) is 4.90 Å². The summed E-state index contributed by atoms with van der Waals surface area (Å²) >= 11 is 6.20. The summed E-state index contributed by atoms with van der Waals surface area (Å²) in [6, 6.07) is 17.3. The van der Waals surface area contributed by atoms with E-state index < -0.39 is 16.9 Å². The first kappa shape index (κ1) is 21.9. The second-order valence-corrected chi connectivity index (χ2v) is 9.57. The third-order valence-corrected chi connectivity index (χ3v) is 7.53. The number of carbonyl (C=O) groups excluding carboxylic acids is 2. The Bertz CT molecular complexity index is 1730. The van der Waals surface area contributed by atoms with Crippen LogP contribution in [0, 0.1) is 0 Å². The first-order valence-electron chi connectivity index (χ1n) is 11.8. The Hall–Kier alpha value is -4.30. The fraction of sp³-hybridized carbons (Fsp3) is 0.179. The molecule has 184 valence electrons. The second kappa shape index (κ2) is 7.60. The molecule has 8 nitrogen and oxygen atoms in total. The minimum atomic E-state index is -1.69. The number of nitrogens with zero attached hydrogens (tertiary/aromatic N) is 2. The van der Waals surface area contributed by atoms with Crippen molar-refractivity contribution >= 4 is 40.1 Å². The number of anilines is 1. The van der Waals surface area contributed by atoms with Gasteiger partial charge in [-0.3, -0.25) is 14.4 Å². The van der Waals surface area contributed by atoms with E-state index in [2.05, 4.69) is 0 Å². The zero-order chi connectivity index (χ0) is 25.5. The fourth-order valence-electron chi connectivity index (χ4n) is 5.72. The summed E-state index contributed by atoms with van der Waals surface area (Å²) < 4.78 is 17.0. The van der Waals surface area contributed by atoms with Crippen LogP contribution in [0.4, 0.5) is 5.69 Å². The summed E-state index contributed by atoms with van der Waals surface area (Å²) in [6.45, 7) is 2.37. The standard InChI is InChI=1S/C28H19ClN2O6/c1-2-30-19-6-4-3-5-18(19)28(27(30)34)23-24(32)17-12-16(29)8-10-20(17)37-25(23)26(33)31(28)13-15-7-9-21-22(11-15)36-14-35-21/h3-12H,2,13-14H2,1H3. The average Bonchev–Trinajstić information content (AvgIpc) is 3.54. The summed E-state index contributed by atoms with van der Waals surface area (Å²) in [5.74, 6) is 0.106. The van der Waals surface area contributed by atoms with Gasteiger partial charge in [-0.15, -0.1) is 0 Å². The van der Waals surface area contributed by atoms with E-state index in [0.717, 1.165) is 0 Å². The van der Waals surface area contributed by atoms with E-state index >= 15 is 0 Å². The Morgan fingerprint density at radius 1 is 0.973 bits per heavy atom. The predicted molar refractivity (Wildman–Crippen MR) is 135 cm³/mol. The number of para-hydroxylation sites is 1. The van der Waals surface area contributed by atoms with Crippen molar-refractivity contribution in [3.63, 3.8) is 0 Å². The van der Waals surface area contributed by atoms with E-state index in [4.69, 9.17) is 25.5 Å². The van der Waals surface area contributed by atoms with E-state index in [1.165, 1.54) is 11.0 Å². The van der Waals surface area contributed by atoms with Gasteiger partial charge in [-0.1, -0.05) is 35.9 Å². The highest BCUT2D eigenvalue weighted by Gasteiger charge is 2.64. The lowest BCUT2D eigenvalue weighted by Crippen LogP contribution is -2.53. The molecule has 4 aromatic rings. The molecule has 0 radical (unpaired) electrons. The molecule has 1 atom stereocenters. The van der Waals surface area contributed by atoms with Gasteiger partial charge < -0.3 is 23.7 Å². The van der Waals surface area contributed by atoms with Crippen LogP contribution < -0.4 is 19.8 Å². The van der Waals surface area contributed by atoms with E-state index in [1.807, 2.05) is 25.1 Å². The summed E-state index contributed by atoms with van der Waals surface area (Å²) in [6.07, 6.45) is 0. The van der Waals surface area contributed by atoms with Crippen molar-refractivity contribution in [2.24, 2.45) is 0 Å². The molecular weight excluding hydrogens is 496 g/mol. The van der Waals surface area contributed by atoms with Gasteiger partial charge in [0.2, 0.25) is 12.6 Å². The van der Waals surface area contributed by atoms with Crippen molar-refractivity contribution in [2.45, 2.75) is 19.0 Å². The molecule has 3 aromatic carbocycles. The normalized spacial score (nSPS) is 19.3. The SMILES string of the molecule is CCN1C(=O)C2(c3ccccc31)c1c(oc3ccc(Cl)cc3c1=O)C(=O)N2Cc1ccc2c(c1)OCO2. The molecule has 0 saturated carbocycles. The zero-order valence-corrected chi connectivity index (χ0v) is 20.4. The molecule has 0 aliphatic carbocycles. The van der Waals surface area contributed by atoms with Gasteiger partial charge in [0.1, 0.15) is 5.58 Å². The molecule has 3 aliphatic heterocycles. The van der Waals surface area contributed by atoms with Crippen molar-refractivity contribution < 1.29 is 23.5 Å². The number of likely N-dealkylation sites (N-methyl/N-ethyl adjacent to an activating group) is 1. The third-order valence-electron chi connectivity index (χ3n) is 7.29. The number of rotatable bonds is 3. The molecule has 2 amide bonds. The number of ether oxygens (including phenoxy) is 2. The molecule has 1 spiro atoms. The zero-order valence-electron chi connectivity index (χ0n) is 19.6. The highest BCUT2D eigenvalue weighted by molar-refractivity contribution is 6.31. The quantitative estimate of drug-likeness (QED) is 0.401. The Morgan fingerprint density at radius 3 is 2.62 bits per heavy atom. The fourth-order valence-corrected chi connectivity index (χ4v) is 5.89. The first-order chi connectivity index (χ1) is 17.9. The van der Waals surface area contributed by atoms with Crippen LogP contribution in [0.25, 0.3) is 11.0 Å². The van der Waals surface area contributed by atoms with Crippen LogP contribution in [-0.2, 0) is 16.9 Å². The lowest BCUT2D eigenvalue weighted by molar-refractivity contribution is -0.126. The Labute approximate surface area is 215 Å². The molecule has 1 unspecified atom stereocenters. The van der Waals surface area contributed by atoms with E-state index in [-0.39, 0.29) is 41.5 Å². The smallest absolute Gasteiger partial charge is 0.291 e. The maximum Gasteiger partial charge on any atom is 0.291 e. The van der Waals surface area contributed by atoms with Gasteiger partial charge in [0.15, 0.2) is 22.5 Å². The van der Waals surface area contributed by atoms with E-state index in [9.17, 15) is 14.4 Å². The number of halogens is 1. The van der Waals surface area contributed by atoms with Gasteiger partial charge in [-0.05, 0) is 48.9 Å². The molecule has 4 heterocycles. The summed E-state index contributed by atoms with van der Waals surface area (Å²) in [5, 5.41) is 0.562. The highest BCUT2D eigenvalue weighted by Crippen LogP contribution is 2.53. The minimum Gasteiger partial charge on any atom is -0.454 e. The van der Waals surface area contributed by atoms with Crippen molar-refractivity contribution in [3.8, 4) is 11.5 Å². The molecule has 0 saturated heterocycles. The van der Waals surface area contributed by atoms with Gasteiger partial charge in [-0.25, -0.2) is 0 Å². The van der Waals surface area contributed by atoms with Crippen LogP contribution in [0.5, 0.6) is 11.5 Å². The molecule has 0 fully saturated rings.